The molecule has 3 aromatic carbocycles. The molecule has 0 aliphatic carbocycles. The summed E-state index contributed by atoms with van der Waals surface area (Å²) in [7, 11) is 3.09. The van der Waals surface area contributed by atoms with Crippen molar-refractivity contribution in [2.75, 3.05) is 24.4 Å². The zero-order valence-electron chi connectivity index (χ0n) is 18.7. The summed E-state index contributed by atoms with van der Waals surface area (Å²) in [6.45, 7) is 3.85. The molecule has 33 heavy (non-hydrogen) atoms. The minimum atomic E-state index is -0.447. The largest absolute Gasteiger partial charge is 0.497 e. The molecule has 2 amide bonds. The fraction of sp³-hybridized carbons (Fsp3) is 0.154. The Hall–Kier alpha value is -3.77. The Morgan fingerprint density at radius 1 is 0.788 bits per heavy atom. The molecule has 0 spiro atoms. The number of rotatable bonds is 6. The molecule has 0 bridgehead atoms. The van der Waals surface area contributed by atoms with Gasteiger partial charge in [0, 0.05) is 28.9 Å². The van der Waals surface area contributed by atoms with E-state index in [9.17, 15) is 9.59 Å². The van der Waals surface area contributed by atoms with Crippen LogP contribution in [0.2, 0.25) is 5.02 Å². The number of halogens is 1. The number of hydrogen-bond acceptors (Lipinski definition) is 5. The Kier molecular flexibility index (Phi) is 6.11. The summed E-state index contributed by atoms with van der Waals surface area (Å²) in [5.74, 6) is 0.239. The molecule has 6 nitrogen and oxygen atoms in total. The lowest BCUT2D eigenvalue weighted by molar-refractivity contribution is -0.120. The Morgan fingerprint density at radius 2 is 1.36 bits per heavy atom. The van der Waals surface area contributed by atoms with Crippen LogP contribution in [0.15, 0.2) is 66.4 Å². The van der Waals surface area contributed by atoms with E-state index >= 15 is 0 Å². The van der Waals surface area contributed by atoms with Gasteiger partial charge >= 0.3 is 0 Å². The number of hydrogen-bond donors (Lipinski definition) is 1. The zero-order chi connectivity index (χ0) is 23.7. The summed E-state index contributed by atoms with van der Waals surface area (Å²) in [5, 5.41) is 3.67. The van der Waals surface area contributed by atoms with E-state index in [4.69, 9.17) is 21.1 Å². The zero-order valence-corrected chi connectivity index (χ0v) is 19.5. The van der Waals surface area contributed by atoms with Gasteiger partial charge in [0.15, 0.2) is 0 Å². The maximum absolute atomic E-state index is 13.6. The van der Waals surface area contributed by atoms with Crippen molar-refractivity contribution < 1.29 is 19.1 Å². The number of imide groups is 1. The summed E-state index contributed by atoms with van der Waals surface area (Å²) >= 11 is 6.05. The van der Waals surface area contributed by atoms with Gasteiger partial charge in [0.2, 0.25) is 0 Å². The number of ether oxygens (including phenoxy) is 2. The highest BCUT2D eigenvalue weighted by Gasteiger charge is 2.40. The molecule has 1 aliphatic heterocycles. The highest BCUT2D eigenvalue weighted by molar-refractivity contribution is 6.46. The van der Waals surface area contributed by atoms with Gasteiger partial charge in [-0.15, -0.1) is 0 Å². The number of methoxy groups -OCH3 is 2. The standard InChI is InChI=1S/C26H23ClN2O4/c1-15-9-16(2)11-20(10-15)29-25(30)23(17-5-7-18(27)8-6-17)24(26(29)31)28-19-12-21(32-3)14-22(13-19)33-4/h5-14,28H,1-4H3. The van der Waals surface area contributed by atoms with Crippen LogP contribution < -0.4 is 19.7 Å². The van der Waals surface area contributed by atoms with Crippen molar-refractivity contribution in [3.63, 3.8) is 0 Å². The lowest BCUT2D eigenvalue weighted by Gasteiger charge is -2.17. The maximum Gasteiger partial charge on any atom is 0.282 e. The normalized spacial score (nSPS) is 13.5. The van der Waals surface area contributed by atoms with Gasteiger partial charge in [-0.25, -0.2) is 4.90 Å². The molecule has 1 N–H and O–H groups in total. The molecule has 3 aromatic rings. The van der Waals surface area contributed by atoms with E-state index in [1.54, 1.807) is 56.7 Å². The number of nitrogens with zero attached hydrogens (tertiary/aromatic N) is 1. The van der Waals surface area contributed by atoms with Gasteiger partial charge in [-0.1, -0.05) is 29.8 Å². The predicted octanol–water partition coefficient (Wildman–Crippen LogP) is 5.37. The van der Waals surface area contributed by atoms with E-state index < -0.39 is 11.8 Å². The van der Waals surface area contributed by atoms with Crippen LogP contribution in [-0.4, -0.2) is 26.0 Å². The molecule has 0 saturated carbocycles. The molecule has 168 valence electrons. The molecule has 1 heterocycles. The molecular formula is C26H23ClN2O4. The first-order valence-corrected chi connectivity index (χ1v) is 10.7. The summed E-state index contributed by atoms with van der Waals surface area (Å²) < 4.78 is 10.7. The van der Waals surface area contributed by atoms with Crippen LogP contribution in [-0.2, 0) is 9.59 Å². The van der Waals surface area contributed by atoms with Gasteiger partial charge in [-0.2, -0.15) is 0 Å². The summed E-state index contributed by atoms with van der Waals surface area (Å²) in [5.41, 5.74) is 4.00. The van der Waals surface area contributed by atoms with Crippen LogP contribution in [0, 0.1) is 13.8 Å². The van der Waals surface area contributed by atoms with Crippen molar-refractivity contribution in [2.24, 2.45) is 0 Å². The molecule has 0 unspecified atom stereocenters. The van der Waals surface area contributed by atoms with Crippen LogP contribution in [0.1, 0.15) is 16.7 Å². The summed E-state index contributed by atoms with van der Waals surface area (Å²) in [6, 6.07) is 17.6. The van der Waals surface area contributed by atoms with Crippen molar-refractivity contribution in [2.45, 2.75) is 13.8 Å². The maximum atomic E-state index is 13.6. The molecule has 1 aliphatic rings. The third kappa shape index (κ3) is 4.43. The van der Waals surface area contributed by atoms with Gasteiger partial charge in [0.1, 0.15) is 17.2 Å². The predicted molar refractivity (Wildman–Crippen MR) is 130 cm³/mol. The van der Waals surface area contributed by atoms with Crippen LogP contribution >= 0.6 is 11.6 Å². The first-order chi connectivity index (χ1) is 15.8. The van der Waals surface area contributed by atoms with Crippen molar-refractivity contribution in [3.8, 4) is 11.5 Å². The number of anilines is 2. The Morgan fingerprint density at radius 3 is 1.91 bits per heavy atom. The fourth-order valence-corrected chi connectivity index (χ4v) is 3.99. The lowest BCUT2D eigenvalue weighted by atomic mass is 10.0. The quantitative estimate of drug-likeness (QED) is 0.499. The van der Waals surface area contributed by atoms with E-state index in [1.165, 1.54) is 4.90 Å². The third-order valence-corrected chi connectivity index (χ3v) is 5.55. The summed E-state index contributed by atoms with van der Waals surface area (Å²) in [6.07, 6.45) is 0. The Labute approximate surface area is 197 Å². The number of nitrogens with one attached hydrogen (secondary N) is 1. The first-order valence-electron chi connectivity index (χ1n) is 10.3. The summed E-state index contributed by atoms with van der Waals surface area (Å²) in [4.78, 5) is 28.4. The second kappa shape index (κ2) is 9.00. The highest BCUT2D eigenvalue weighted by Crippen LogP contribution is 2.36. The van der Waals surface area contributed by atoms with Crippen molar-refractivity contribution in [1.82, 2.24) is 0 Å². The molecule has 4 rings (SSSR count). The topological polar surface area (TPSA) is 67.9 Å². The van der Waals surface area contributed by atoms with Crippen LogP contribution in [0.3, 0.4) is 0 Å². The van der Waals surface area contributed by atoms with Crippen LogP contribution in [0.25, 0.3) is 5.57 Å². The van der Waals surface area contributed by atoms with Crippen molar-refractivity contribution in [1.29, 1.82) is 0 Å². The minimum absolute atomic E-state index is 0.164. The average molecular weight is 463 g/mol. The van der Waals surface area contributed by atoms with Crippen LogP contribution in [0.5, 0.6) is 11.5 Å². The molecule has 0 fully saturated rings. The first kappa shape index (κ1) is 22.4. The second-order valence-electron chi connectivity index (χ2n) is 7.77. The van der Waals surface area contributed by atoms with Crippen LogP contribution in [0.4, 0.5) is 11.4 Å². The fourth-order valence-electron chi connectivity index (χ4n) is 3.87. The average Bonchev–Trinajstić information content (AvgIpc) is 3.02. The van der Waals surface area contributed by atoms with Gasteiger partial charge in [-0.3, -0.25) is 9.59 Å². The van der Waals surface area contributed by atoms with Gasteiger partial charge < -0.3 is 14.8 Å². The molecular weight excluding hydrogens is 440 g/mol. The Bertz CT molecular complexity index is 1240. The minimum Gasteiger partial charge on any atom is -0.497 e. The molecule has 0 aromatic heterocycles. The van der Waals surface area contributed by atoms with E-state index in [2.05, 4.69) is 5.32 Å². The SMILES string of the molecule is COc1cc(NC2=C(c3ccc(Cl)cc3)C(=O)N(c3cc(C)cc(C)c3)C2=O)cc(OC)c1. The molecule has 7 heteroatoms. The number of aryl methyl sites for hydroxylation is 2. The van der Waals surface area contributed by atoms with Crippen molar-refractivity contribution >= 4 is 40.4 Å². The van der Waals surface area contributed by atoms with E-state index in [-0.39, 0.29) is 11.3 Å². The van der Waals surface area contributed by atoms with E-state index in [0.29, 0.717) is 33.5 Å². The number of carbonyl (C=O) groups is 2. The Balaban J connectivity index is 1.85. The van der Waals surface area contributed by atoms with Gasteiger partial charge in [0.05, 0.1) is 25.5 Å². The van der Waals surface area contributed by atoms with E-state index in [1.807, 2.05) is 32.0 Å². The molecule has 0 saturated heterocycles. The highest BCUT2D eigenvalue weighted by atomic mass is 35.5. The molecule has 0 atom stereocenters. The van der Waals surface area contributed by atoms with E-state index in [0.717, 1.165) is 11.1 Å². The third-order valence-electron chi connectivity index (χ3n) is 5.30. The number of carbonyl (C=O) groups excluding carboxylic acids is 2. The second-order valence-corrected chi connectivity index (χ2v) is 8.21. The monoisotopic (exact) mass is 462 g/mol. The lowest BCUT2D eigenvalue weighted by Crippen LogP contribution is -2.32. The van der Waals surface area contributed by atoms with Crippen molar-refractivity contribution in [3.05, 3.63) is 88.1 Å². The molecule has 0 radical (unpaired) electrons. The number of benzene rings is 3. The van der Waals surface area contributed by atoms with Gasteiger partial charge in [-0.05, 0) is 54.8 Å². The smallest absolute Gasteiger partial charge is 0.282 e. The number of amides is 2. The van der Waals surface area contributed by atoms with Gasteiger partial charge in [0.25, 0.3) is 11.8 Å².